The number of nitrogens with one attached hydrogen (secondary N) is 1. The first-order chi connectivity index (χ1) is 14.6. The van der Waals surface area contributed by atoms with Gasteiger partial charge in [0.2, 0.25) is 0 Å². The lowest BCUT2D eigenvalue weighted by Crippen LogP contribution is -2.28. The van der Waals surface area contributed by atoms with Crippen LogP contribution in [0.15, 0.2) is 79.0 Å². The highest BCUT2D eigenvalue weighted by molar-refractivity contribution is 6.33. The quantitative estimate of drug-likeness (QED) is 0.488. The van der Waals surface area contributed by atoms with Gasteiger partial charge in [-0.1, -0.05) is 53.6 Å². The fraction of sp³-hybridized carbons (Fsp3) is 0.125. The van der Waals surface area contributed by atoms with Gasteiger partial charge in [-0.15, -0.1) is 0 Å². The molecule has 2 aromatic carbocycles. The zero-order valence-electron chi connectivity index (χ0n) is 16.5. The molecule has 0 aliphatic rings. The van der Waals surface area contributed by atoms with Crippen molar-refractivity contribution in [1.29, 1.82) is 0 Å². The molecule has 0 unspecified atom stereocenters. The molecule has 0 spiro atoms. The van der Waals surface area contributed by atoms with Crippen LogP contribution in [0.5, 0.6) is 0 Å². The first-order valence-corrected chi connectivity index (χ1v) is 10.1. The fourth-order valence-electron chi connectivity index (χ4n) is 3.17. The van der Waals surface area contributed by atoms with Crippen molar-refractivity contribution in [2.75, 3.05) is 6.54 Å². The van der Waals surface area contributed by atoms with Crippen LogP contribution in [0.2, 0.25) is 5.02 Å². The third-order valence-corrected chi connectivity index (χ3v) is 5.09. The number of aromatic nitrogens is 3. The van der Waals surface area contributed by atoms with Crippen LogP contribution < -0.4 is 5.32 Å². The highest BCUT2D eigenvalue weighted by Crippen LogP contribution is 2.28. The van der Waals surface area contributed by atoms with E-state index in [-0.39, 0.29) is 5.91 Å². The van der Waals surface area contributed by atoms with Crippen LogP contribution >= 0.6 is 11.6 Å². The van der Waals surface area contributed by atoms with E-state index < -0.39 is 0 Å². The smallest absolute Gasteiger partial charge is 0.270 e. The Morgan fingerprint density at radius 2 is 1.80 bits per heavy atom. The summed E-state index contributed by atoms with van der Waals surface area (Å²) in [7, 11) is 0. The predicted octanol–water partition coefficient (Wildman–Crippen LogP) is 4.87. The molecule has 4 aromatic rings. The van der Waals surface area contributed by atoms with E-state index in [2.05, 4.69) is 15.4 Å². The highest BCUT2D eigenvalue weighted by Gasteiger charge is 2.18. The molecule has 150 valence electrons. The normalized spacial score (nSPS) is 10.7. The van der Waals surface area contributed by atoms with Crippen LogP contribution in [0.3, 0.4) is 0 Å². The molecular weight excluding hydrogens is 396 g/mol. The number of hydrogen-bond acceptors (Lipinski definition) is 3. The summed E-state index contributed by atoms with van der Waals surface area (Å²) in [6, 6.07) is 22.9. The molecule has 5 nitrogen and oxygen atoms in total. The number of halogens is 1. The minimum atomic E-state index is -0.197. The van der Waals surface area contributed by atoms with Crippen molar-refractivity contribution in [2.45, 2.75) is 13.3 Å². The van der Waals surface area contributed by atoms with Gasteiger partial charge in [-0.2, -0.15) is 5.10 Å². The van der Waals surface area contributed by atoms with Crippen molar-refractivity contribution in [3.63, 3.8) is 0 Å². The van der Waals surface area contributed by atoms with Crippen molar-refractivity contribution < 1.29 is 4.79 Å². The second-order valence-corrected chi connectivity index (χ2v) is 7.38. The van der Waals surface area contributed by atoms with E-state index in [1.54, 1.807) is 16.9 Å². The minimum Gasteiger partial charge on any atom is -0.350 e. The molecule has 1 N–H and O–H groups in total. The summed E-state index contributed by atoms with van der Waals surface area (Å²) < 4.78 is 1.66. The Hall–Kier alpha value is -3.44. The molecule has 0 aliphatic heterocycles. The molecule has 2 heterocycles. The molecule has 6 heteroatoms. The molecule has 0 bridgehead atoms. The van der Waals surface area contributed by atoms with E-state index in [0.717, 1.165) is 22.5 Å². The van der Waals surface area contributed by atoms with E-state index >= 15 is 0 Å². The highest BCUT2D eigenvalue weighted by atomic mass is 35.5. The number of pyridine rings is 1. The Morgan fingerprint density at radius 3 is 2.53 bits per heavy atom. The molecule has 1 amide bonds. The van der Waals surface area contributed by atoms with Crippen LogP contribution in [-0.2, 0) is 6.42 Å². The van der Waals surface area contributed by atoms with Crippen LogP contribution in [0, 0.1) is 6.92 Å². The Balaban J connectivity index is 1.63. The molecule has 0 fully saturated rings. The molecule has 0 radical (unpaired) electrons. The van der Waals surface area contributed by atoms with Crippen LogP contribution in [0.25, 0.3) is 16.9 Å². The Labute approximate surface area is 180 Å². The zero-order chi connectivity index (χ0) is 20.9. The summed E-state index contributed by atoms with van der Waals surface area (Å²) in [5.74, 6) is -0.197. The average Bonchev–Trinajstić information content (AvgIpc) is 3.20. The van der Waals surface area contributed by atoms with Gasteiger partial charge in [-0.25, -0.2) is 4.68 Å². The second-order valence-electron chi connectivity index (χ2n) is 6.97. The number of nitrogens with zero attached hydrogens (tertiary/aromatic N) is 3. The van der Waals surface area contributed by atoms with Gasteiger partial charge in [0.25, 0.3) is 5.91 Å². The Morgan fingerprint density at radius 1 is 1.03 bits per heavy atom. The number of rotatable bonds is 6. The summed E-state index contributed by atoms with van der Waals surface area (Å²) in [6.45, 7) is 2.50. The van der Waals surface area contributed by atoms with Gasteiger partial charge in [0.05, 0.1) is 16.4 Å². The van der Waals surface area contributed by atoms with E-state index in [9.17, 15) is 4.79 Å². The summed E-state index contributed by atoms with van der Waals surface area (Å²) in [4.78, 5) is 17.3. The summed E-state index contributed by atoms with van der Waals surface area (Å²) in [5.41, 5.74) is 4.77. The SMILES string of the molecule is Cc1ccc(-n2nc(-c3ccccc3Cl)cc2C(=O)NCCc2ccccn2)cc1. The van der Waals surface area contributed by atoms with E-state index in [1.165, 1.54) is 0 Å². The predicted molar refractivity (Wildman–Crippen MR) is 119 cm³/mol. The summed E-state index contributed by atoms with van der Waals surface area (Å²) in [5, 5.41) is 8.25. The third kappa shape index (κ3) is 4.42. The first kappa shape index (κ1) is 19.9. The molecular formula is C24H21ClN4O. The molecule has 30 heavy (non-hydrogen) atoms. The van der Waals surface area contributed by atoms with Crippen LogP contribution in [0.4, 0.5) is 0 Å². The number of amides is 1. The van der Waals surface area contributed by atoms with Gasteiger partial charge in [0.1, 0.15) is 5.69 Å². The third-order valence-electron chi connectivity index (χ3n) is 4.76. The van der Waals surface area contributed by atoms with Crippen molar-refractivity contribution in [3.05, 3.63) is 101 Å². The molecule has 0 atom stereocenters. The first-order valence-electron chi connectivity index (χ1n) is 9.72. The topological polar surface area (TPSA) is 59.8 Å². The largest absolute Gasteiger partial charge is 0.350 e. The maximum absolute atomic E-state index is 13.0. The number of carbonyl (C=O) groups is 1. The molecule has 4 rings (SSSR count). The maximum Gasteiger partial charge on any atom is 0.270 e. The number of carbonyl (C=O) groups excluding carboxylic acids is 1. The molecule has 2 aromatic heterocycles. The van der Waals surface area contributed by atoms with Gasteiger partial charge in [-0.05, 0) is 43.3 Å². The van der Waals surface area contributed by atoms with Gasteiger partial charge >= 0.3 is 0 Å². The molecule has 0 saturated heterocycles. The van der Waals surface area contributed by atoms with Gasteiger partial charge < -0.3 is 5.32 Å². The van der Waals surface area contributed by atoms with Gasteiger partial charge in [-0.3, -0.25) is 9.78 Å². The fourth-order valence-corrected chi connectivity index (χ4v) is 3.40. The lowest BCUT2D eigenvalue weighted by atomic mass is 10.1. The summed E-state index contributed by atoms with van der Waals surface area (Å²) >= 11 is 6.36. The van der Waals surface area contributed by atoms with Crippen LogP contribution in [-0.4, -0.2) is 27.2 Å². The average molecular weight is 417 g/mol. The number of benzene rings is 2. The van der Waals surface area contributed by atoms with Crippen LogP contribution in [0.1, 0.15) is 21.7 Å². The monoisotopic (exact) mass is 416 g/mol. The second kappa shape index (κ2) is 8.93. The Bertz CT molecular complexity index is 1150. The van der Waals surface area contributed by atoms with Crippen molar-refractivity contribution in [2.24, 2.45) is 0 Å². The summed E-state index contributed by atoms with van der Waals surface area (Å²) in [6.07, 6.45) is 2.40. The number of hydrogen-bond donors (Lipinski definition) is 1. The standard InChI is InChI=1S/C24H21ClN4O/c1-17-9-11-19(12-10-17)29-23(16-22(28-29)20-7-2-3-8-21(20)25)24(30)27-15-13-18-6-4-5-14-26-18/h2-12,14,16H,13,15H2,1H3,(H,27,30). The Kier molecular flexibility index (Phi) is 5.91. The molecule has 0 aliphatic carbocycles. The van der Waals surface area contributed by atoms with E-state index in [0.29, 0.717) is 29.4 Å². The lowest BCUT2D eigenvalue weighted by molar-refractivity contribution is 0.0946. The van der Waals surface area contributed by atoms with Crippen molar-refractivity contribution in [3.8, 4) is 16.9 Å². The zero-order valence-corrected chi connectivity index (χ0v) is 17.3. The van der Waals surface area contributed by atoms with E-state index in [1.807, 2.05) is 73.7 Å². The lowest BCUT2D eigenvalue weighted by Gasteiger charge is -2.08. The number of aryl methyl sites for hydroxylation is 1. The molecule has 0 saturated carbocycles. The van der Waals surface area contributed by atoms with Gasteiger partial charge in [0.15, 0.2) is 0 Å². The van der Waals surface area contributed by atoms with Crippen molar-refractivity contribution in [1.82, 2.24) is 20.1 Å². The maximum atomic E-state index is 13.0. The van der Waals surface area contributed by atoms with Gasteiger partial charge in [0, 0.05) is 30.4 Å². The van der Waals surface area contributed by atoms with E-state index in [4.69, 9.17) is 11.6 Å². The van der Waals surface area contributed by atoms with Crippen molar-refractivity contribution >= 4 is 17.5 Å². The minimum absolute atomic E-state index is 0.197.